The zero-order valence-corrected chi connectivity index (χ0v) is 8.62. The molecule has 1 N–H and O–H groups in total. The average molecular weight is 178 g/mol. The summed E-state index contributed by atoms with van der Waals surface area (Å²) in [5, 5.41) is 9.52. The Labute approximate surface area is 80.4 Å². The van der Waals surface area contributed by atoms with Gasteiger partial charge in [0.25, 0.3) is 0 Å². The molecule has 0 saturated heterocycles. The Morgan fingerprint density at radius 2 is 1.85 bits per heavy atom. The monoisotopic (exact) mass is 178 g/mol. The van der Waals surface area contributed by atoms with Gasteiger partial charge in [0.1, 0.15) is 0 Å². The Balaban J connectivity index is 0.000000396. The van der Waals surface area contributed by atoms with E-state index in [2.05, 4.69) is 19.1 Å². The third kappa shape index (κ3) is 1.92. The quantitative estimate of drug-likeness (QED) is 0.647. The molecule has 0 aromatic heterocycles. The molecule has 0 amide bonds. The second-order valence-electron chi connectivity index (χ2n) is 3.26. The van der Waals surface area contributed by atoms with Crippen molar-refractivity contribution < 1.29 is 5.11 Å². The molecule has 1 aromatic carbocycles. The van der Waals surface area contributed by atoms with Gasteiger partial charge in [0, 0.05) is 5.92 Å². The maximum Gasteiger partial charge on any atom is 0.0646 e. The van der Waals surface area contributed by atoms with Crippen molar-refractivity contribution in [3.63, 3.8) is 0 Å². The van der Waals surface area contributed by atoms with Crippen LogP contribution < -0.4 is 0 Å². The van der Waals surface area contributed by atoms with Crippen molar-refractivity contribution in [3.8, 4) is 0 Å². The van der Waals surface area contributed by atoms with E-state index >= 15 is 0 Å². The smallest absolute Gasteiger partial charge is 0.0646 e. The van der Waals surface area contributed by atoms with Crippen molar-refractivity contribution in [1.29, 1.82) is 0 Å². The topological polar surface area (TPSA) is 20.2 Å². The molecule has 0 saturated carbocycles. The summed E-state index contributed by atoms with van der Waals surface area (Å²) in [5.74, 6) is 0.325. The minimum Gasteiger partial charge on any atom is -0.392 e. The lowest BCUT2D eigenvalue weighted by Crippen LogP contribution is -2.09. The van der Waals surface area contributed by atoms with Gasteiger partial charge >= 0.3 is 0 Å². The highest BCUT2D eigenvalue weighted by molar-refractivity contribution is 5.36. The molecule has 0 unspecified atom stereocenters. The van der Waals surface area contributed by atoms with Gasteiger partial charge in [-0.05, 0) is 17.5 Å². The molecule has 0 spiro atoms. The van der Waals surface area contributed by atoms with Crippen LogP contribution in [0.3, 0.4) is 0 Å². The fourth-order valence-electron chi connectivity index (χ4n) is 1.77. The lowest BCUT2D eigenvalue weighted by atomic mass is 10.0. The van der Waals surface area contributed by atoms with Gasteiger partial charge in [0.2, 0.25) is 0 Å². The molecular formula is C12H18O. The summed E-state index contributed by atoms with van der Waals surface area (Å²) in [6.07, 6.45) is 0.671. The first-order chi connectivity index (χ1) is 6.29. The number of benzene rings is 1. The van der Waals surface area contributed by atoms with Crippen LogP contribution in [0.5, 0.6) is 0 Å². The van der Waals surface area contributed by atoms with E-state index in [9.17, 15) is 5.11 Å². The van der Waals surface area contributed by atoms with Crippen LogP contribution in [0.15, 0.2) is 24.3 Å². The molecule has 72 valence electrons. The minimum absolute atomic E-state index is 0.160. The molecular weight excluding hydrogens is 160 g/mol. The summed E-state index contributed by atoms with van der Waals surface area (Å²) in [6.45, 7) is 6.08. The fraction of sp³-hybridized carbons (Fsp3) is 0.500. The number of rotatable bonds is 0. The molecule has 13 heavy (non-hydrogen) atoms. The average Bonchev–Trinajstić information content (AvgIpc) is 2.47. The standard InChI is InChI=1S/C10H12O.C2H6/c1-7-9-5-3-2-4-8(9)6-10(7)11;1-2/h2-5,7,10-11H,6H2,1H3;1-2H3/t7-,10-;/m0./s1. The van der Waals surface area contributed by atoms with Crippen LogP contribution in [0.2, 0.25) is 0 Å². The largest absolute Gasteiger partial charge is 0.392 e. The predicted molar refractivity (Wildman–Crippen MR) is 55.9 cm³/mol. The van der Waals surface area contributed by atoms with E-state index in [0.717, 1.165) is 6.42 Å². The van der Waals surface area contributed by atoms with Gasteiger partial charge in [-0.1, -0.05) is 45.0 Å². The number of aliphatic hydroxyl groups excluding tert-OH is 1. The summed E-state index contributed by atoms with van der Waals surface area (Å²) in [5.41, 5.74) is 2.63. The molecule has 0 bridgehead atoms. The zero-order valence-electron chi connectivity index (χ0n) is 8.62. The third-order valence-electron chi connectivity index (χ3n) is 2.55. The van der Waals surface area contributed by atoms with Crippen LogP contribution >= 0.6 is 0 Å². The summed E-state index contributed by atoms with van der Waals surface area (Å²) in [7, 11) is 0. The van der Waals surface area contributed by atoms with Gasteiger partial charge in [0.05, 0.1) is 6.10 Å². The molecule has 1 aliphatic carbocycles. The zero-order chi connectivity index (χ0) is 9.84. The van der Waals surface area contributed by atoms with E-state index in [1.807, 2.05) is 26.0 Å². The maximum absolute atomic E-state index is 9.52. The summed E-state index contributed by atoms with van der Waals surface area (Å²) < 4.78 is 0. The Morgan fingerprint density at radius 3 is 2.46 bits per heavy atom. The maximum atomic E-state index is 9.52. The van der Waals surface area contributed by atoms with Crippen LogP contribution in [0.4, 0.5) is 0 Å². The van der Waals surface area contributed by atoms with Crippen molar-refractivity contribution in [2.75, 3.05) is 0 Å². The molecule has 1 aromatic rings. The lowest BCUT2D eigenvalue weighted by molar-refractivity contribution is 0.163. The van der Waals surface area contributed by atoms with Crippen molar-refractivity contribution >= 4 is 0 Å². The fourth-order valence-corrected chi connectivity index (χ4v) is 1.77. The van der Waals surface area contributed by atoms with Crippen LogP contribution in [0.1, 0.15) is 37.8 Å². The van der Waals surface area contributed by atoms with Crippen LogP contribution in [-0.2, 0) is 6.42 Å². The first kappa shape index (κ1) is 10.3. The van der Waals surface area contributed by atoms with E-state index in [0.29, 0.717) is 5.92 Å². The Hall–Kier alpha value is -0.820. The number of hydrogen-bond acceptors (Lipinski definition) is 1. The molecule has 1 heteroatoms. The molecule has 0 fully saturated rings. The van der Waals surface area contributed by atoms with Crippen molar-refractivity contribution in [3.05, 3.63) is 35.4 Å². The Kier molecular flexibility index (Phi) is 3.49. The first-order valence-corrected chi connectivity index (χ1v) is 5.05. The highest BCUT2D eigenvalue weighted by atomic mass is 16.3. The van der Waals surface area contributed by atoms with Gasteiger partial charge in [-0.3, -0.25) is 0 Å². The minimum atomic E-state index is -0.160. The molecule has 0 radical (unpaired) electrons. The van der Waals surface area contributed by atoms with Crippen molar-refractivity contribution in [1.82, 2.24) is 0 Å². The molecule has 0 heterocycles. The molecule has 2 atom stereocenters. The number of hydrogen-bond donors (Lipinski definition) is 1. The van der Waals surface area contributed by atoms with E-state index in [1.165, 1.54) is 11.1 Å². The summed E-state index contributed by atoms with van der Waals surface area (Å²) >= 11 is 0. The van der Waals surface area contributed by atoms with E-state index in [-0.39, 0.29) is 6.10 Å². The van der Waals surface area contributed by atoms with Crippen LogP contribution in [-0.4, -0.2) is 11.2 Å². The molecule has 2 rings (SSSR count). The van der Waals surface area contributed by atoms with Gasteiger partial charge in [-0.15, -0.1) is 0 Å². The van der Waals surface area contributed by atoms with E-state index < -0.39 is 0 Å². The van der Waals surface area contributed by atoms with Gasteiger partial charge in [-0.2, -0.15) is 0 Å². The van der Waals surface area contributed by atoms with Crippen LogP contribution in [0, 0.1) is 0 Å². The summed E-state index contributed by atoms with van der Waals surface area (Å²) in [4.78, 5) is 0. The highest BCUT2D eigenvalue weighted by Gasteiger charge is 2.26. The lowest BCUT2D eigenvalue weighted by Gasteiger charge is -2.07. The van der Waals surface area contributed by atoms with Crippen LogP contribution in [0.25, 0.3) is 0 Å². The van der Waals surface area contributed by atoms with Gasteiger partial charge in [-0.25, -0.2) is 0 Å². The van der Waals surface area contributed by atoms with E-state index in [1.54, 1.807) is 0 Å². The Bertz CT molecular complexity index is 268. The third-order valence-corrected chi connectivity index (χ3v) is 2.55. The normalized spacial score (nSPS) is 24.6. The van der Waals surface area contributed by atoms with Crippen molar-refractivity contribution in [2.45, 2.75) is 39.2 Å². The predicted octanol–water partition coefficient (Wildman–Crippen LogP) is 2.73. The van der Waals surface area contributed by atoms with Crippen molar-refractivity contribution in [2.24, 2.45) is 0 Å². The Morgan fingerprint density at radius 1 is 1.23 bits per heavy atom. The molecule has 0 aliphatic heterocycles. The highest BCUT2D eigenvalue weighted by Crippen LogP contribution is 2.32. The number of fused-ring (bicyclic) bond motifs is 1. The SMILES string of the molecule is CC.C[C@H]1c2ccccc2C[C@@H]1O. The van der Waals surface area contributed by atoms with Gasteiger partial charge < -0.3 is 5.11 Å². The number of aliphatic hydroxyl groups is 1. The van der Waals surface area contributed by atoms with E-state index in [4.69, 9.17) is 0 Å². The molecule has 1 nitrogen and oxygen atoms in total. The second kappa shape index (κ2) is 4.43. The second-order valence-corrected chi connectivity index (χ2v) is 3.26. The first-order valence-electron chi connectivity index (χ1n) is 5.05. The van der Waals surface area contributed by atoms with Gasteiger partial charge in [0.15, 0.2) is 0 Å². The molecule has 1 aliphatic rings. The summed E-state index contributed by atoms with van der Waals surface area (Å²) in [6, 6.07) is 8.27.